The van der Waals surface area contributed by atoms with Crippen molar-refractivity contribution < 1.29 is 4.92 Å². The van der Waals surface area contributed by atoms with E-state index in [0.717, 1.165) is 50.4 Å². The number of hydrogen-bond acceptors (Lipinski definition) is 3. The van der Waals surface area contributed by atoms with Gasteiger partial charge in [-0.25, -0.2) is 0 Å². The van der Waals surface area contributed by atoms with Gasteiger partial charge in [-0.2, -0.15) is 0 Å². The molecule has 2 aromatic rings. The number of nitrogens with zero attached hydrogens (tertiary/aromatic N) is 4. The van der Waals surface area contributed by atoms with E-state index in [1.807, 2.05) is 38.5 Å². The summed E-state index contributed by atoms with van der Waals surface area (Å²) in [6.45, 7) is 4.46. The van der Waals surface area contributed by atoms with Crippen molar-refractivity contribution in [2.45, 2.75) is 32.7 Å². The first-order valence-electron chi connectivity index (χ1n) is 9.34. The molecule has 1 aromatic carbocycles. The number of benzene rings is 1. The third kappa shape index (κ3) is 7.49. The SMILES string of the molecule is CCNC(=NCCCCc1ccc([N+](=O)[O-])cc1)N(C)Cc1cccn1C.I. The molecule has 1 heterocycles. The minimum absolute atomic E-state index is 0. The molecule has 0 unspecified atom stereocenters. The van der Waals surface area contributed by atoms with Gasteiger partial charge in [0.2, 0.25) is 0 Å². The summed E-state index contributed by atoms with van der Waals surface area (Å²) in [7, 11) is 4.09. The van der Waals surface area contributed by atoms with Crippen LogP contribution in [0.15, 0.2) is 47.6 Å². The third-order valence-electron chi connectivity index (χ3n) is 4.43. The van der Waals surface area contributed by atoms with Crippen LogP contribution < -0.4 is 5.32 Å². The average molecular weight is 499 g/mol. The highest BCUT2D eigenvalue weighted by Crippen LogP contribution is 2.13. The summed E-state index contributed by atoms with van der Waals surface area (Å²) in [4.78, 5) is 17.2. The number of halogens is 1. The topological polar surface area (TPSA) is 75.7 Å². The average Bonchev–Trinajstić information content (AvgIpc) is 3.05. The lowest BCUT2D eigenvalue weighted by Gasteiger charge is -2.22. The molecule has 1 aromatic heterocycles. The standard InChI is InChI=1S/C20H29N5O2.HI/c1-4-21-20(24(3)16-19-9-7-15-23(19)2)22-14-6-5-8-17-10-12-18(13-11-17)25(26)27;/h7,9-13,15H,4-6,8,14,16H2,1-3H3,(H,21,22);1H. The number of non-ortho nitro benzene ring substituents is 1. The number of aryl methyl sites for hydroxylation is 2. The molecule has 0 aliphatic heterocycles. The van der Waals surface area contributed by atoms with Crippen LogP contribution >= 0.6 is 24.0 Å². The lowest BCUT2D eigenvalue weighted by Crippen LogP contribution is -2.38. The number of unbranched alkanes of at least 4 members (excludes halogenated alkanes) is 1. The summed E-state index contributed by atoms with van der Waals surface area (Å²) in [5.41, 5.74) is 2.50. The third-order valence-corrected chi connectivity index (χ3v) is 4.43. The van der Waals surface area contributed by atoms with Gasteiger partial charge in [0, 0.05) is 51.2 Å². The number of nitro benzene ring substituents is 1. The highest BCUT2D eigenvalue weighted by Gasteiger charge is 2.08. The Morgan fingerprint density at radius 3 is 2.54 bits per heavy atom. The maximum absolute atomic E-state index is 10.7. The maximum atomic E-state index is 10.7. The highest BCUT2D eigenvalue weighted by atomic mass is 127. The molecule has 2 rings (SSSR count). The summed E-state index contributed by atoms with van der Waals surface area (Å²) in [6.07, 6.45) is 4.93. The van der Waals surface area contributed by atoms with Crippen LogP contribution in [0.25, 0.3) is 0 Å². The fourth-order valence-electron chi connectivity index (χ4n) is 2.86. The van der Waals surface area contributed by atoms with Gasteiger partial charge in [-0.15, -0.1) is 24.0 Å². The zero-order valence-electron chi connectivity index (χ0n) is 16.8. The number of rotatable bonds is 9. The minimum Gasteiger partial charge on any atom is -0.357 e. The molecule has 0 aliphatic rings. The Bertz CT molecular complexity index is 758. The predicted molar refractivity (Wildman–Crippen MR) is 124 cm³/mol. The van der Waals surface area contributed by atoms with Crippen LogP contribution in [-0.2, 0) is 20.0 Å². The van der Waals surface area contributed by atoms with Crippen LogP contribution in [0.3, 0.4) is 0 Å². The molecule has 0 amide bonds. The molecular weight excluding hydrogens is 469 g/mol. The van der Waals surface area contributed by atoms with Crippen molar-refractivity contribution >= 4 is 35.6 Å². The van der Waals surface area contributed by atoms with Gasteiger partial charge in [-0.3, -0.25) is 15.1 Å². The van der Waals surface area contributed by atoms with Crippen LogP contribution in [-0.4, -0.2) is 40.5 Å². The van der Waals surface area contributed by atoms with Gasteiger partial charge >= 0.3 is 0 Å². The smallest absolute Gasteiger partial charge is 0.269 e. The summed E-state index contributed by atoms with van der Waals surface area (Å²) in [5.74, 6) is 0.911. The monoisotopic (exact) mass is 499 g/mol. The molecule has 0 bridgehead atoms. The number of guanidine groups is 1. The van der Waals surface area contributed by atoms with Crippen LogP contribution in [0.2, 0.25) is 0 Å². The van der Waals surface area contributed by atoms with E-state index in [1.165, 1.54) is 5.69 Å². The van der Waals surface area contributed by atoms with E-state index in [-0.39, 0.29) is 34.6 Å². The van der Waals surface area contributed by atoms with E-state index in [1.54, 1.807) is 12.1 Å². The molecular formula is C20H30IN5O2. The molecule has 8 heteroatoms. The van der Waals surface area contributed by atoms with E-state index in [9.17, 15) is 10.1 Å². The second-order valence-corrected chi connectivity index (χ2v) is 6.58. The Balaban J connectivity index is 0.00000392. The first kappa shape index (κ1) is 23.9. The van der Waals surface area contributed by atoms with Crippen LogP contribution in [0.5, 0.6) is 0 Å². The second kappa shape index (κ2) is 12.4. The van der Waals surface area contributed by atoms with Gasteiger partial charge in [-0.05, 0) is 43.9 Å². The lowest BCUT2D eigenvalue weighted by molar-refractivity contribution is -0.384. The molecule has 0 atom stereocenters. The lowest BCUT2D eigenvalue weighted by atomic mass is 10.1. The van der Waals surface area contributed by atoms with Crippen molar-refractivity contribution in [1.29, 1.82) is 0 Å². The first-order chi connectivity index (χ1) is 13.0. The van der Waals surface area contributed by atoms with E-state index in [4.69, 9.17) is 4.99 Å². The van der Waals surface area contributed by atoms with Gasteiger partial charge in [-0.1, -0.05) is 12.1 Å². The second-order valence-electron chi connectivity index (χ2n) is 6.58. The summed E-state index contributed by atoms with van der Waals surface area (Å²) in [5, 5.41) is 14.0. The summed E-state index contributed by atoms with van der Waals surface area (Å²) in [6, 6.07) is 11.0. The maximum Gasteiger partial charge on any atom is 0.269 e. The Morgan fingerprint density at radius 1 is 1.25 bits per heavy atom. The van der Waals surface area contributed by atoms with Crippen molar-refractivity contribution in [3.63, 3.8) is 0 Å². The fourth-order valence-corrected chi connectivity index (χ4v) is 2.86. The predicted octanol–water partition coefficient (Wildman–Crippen LogP) is 3.97. The van der Waals surface area contributed by atoms with Gasteiger partial charge in [0.05, 0.1) is 11.5 Å². The van der Waals surface area contributed by atoms with Gasteiger partial charge in [0.25, 0.3) is 5.69 Å². The molecule has 0 saturated heterocycles. The van der Waals surface area contributed by atoms with E-state index in [2.05, 4.69) is 27.8 Å². The highest BCUT2D eigenvalue weighted by molar-refractivity contribution is 14.0. The molecule has 28 heavy (non-hydrogen) atoms. The Morgan fingerprint density at radius 2 is 1.96 bits per heavy atom. The Kier molecular flexibility index (Phi) is 10.6. The number of nitrogens with one attached hydrogen (secondary N) is 1. The minimum atomic E-state index is -0.368. The van der Waals surface area contributed by atoms with Crippen molar-refractivity contribution in [2.75, 3.05) is 20.1 Å². The normalized spacial score (nSPS) is 11.0. The summed E-state index contributed by atoms with van der Waals surface area (Å²) < 4.78 is 2.12. The molecule has 7 nitrogen and oxygen atoms in total. The molecule has 0 aliphatic carbocycles. The van der Waals surface area contributed by atoms with Crippen molar-refractivity contribution in [3.8, 4) is 0 Å². The van der Waals surface area contributed by atoms with Crippen LogP contribution in [0.4, 0.5) is 5.69 Å². The zero-order valence-corrected chi connectivity index (χ0v) is 19.1. The van der Waals surface area contributed by atoms with Gasteiger partial charge in [0.15, 0.2) is 5.96 Å². The number of aromatic nitrogens is 1. The molecule has 1 N–H and O–H groups in total. The number of aliphatic imine (C=N–C) groups is 1. The fraction of sp³-hybridized carbons (Fsp3) is 0.450. The van der Waals surface area contributed by atoms with Crippen molar-refractivity contribution in [1.82, 2.24) is 14.8 Å². The van der Waals surface area contributed by atoms with Gasteiger partial charge in [0.1, 0.15) is 0 Å². The number of hydrogen-bond donors (Lipinski definition) is 1. The van der Waals surface area contributed by atoms with Crippen molar-refractivity contribution in [3.05, 3.63) is 64.0 Å². The van der Waals surface area contributed by atoms with Crippen LogP contribution in [0, 0.1) is 10.1 Å². The Labute approximate surface area is 184 Å². The zero-order chi connectivity index (χ0) is 19.6. The van der Waals surface area contributed by atoms with E-state index in [0.29, 0.717) is 0 Å². The summed E-state index contributed by atoms with van der Waals surface area (Å²) >= 11 is 0. The van der Waals surface area contributed by atoms with Gasteiger partial charge < -0.3 is 14.8 Å². The molecule has 0 fully saturated rings. The first-order valence-corrected chi connectivity index (χ1v) is 9.34. The van der Waals surface area contributed by atoms with Crippen LogP contribution in [0.1, 0.15) is 31.0 Å². The van der Waals surface area contributed by atoms with E-state index < -0.39 is 0 Å². The quantitative estimate of drug-likeness (QED) is 0.142. The molecule has 0 radical (unpaired) electrons. The van der Waals surface area contributed by atoms with Crippen molar-refractivity contribution in [2.24, 2.45) is 12.0 Å². The largest absolute Gasteiger partial charge is 0.357 e. The molecule has 0 spiro atoms. The Hall–Kier alpha value is -2.10. The molecule has 0 saturated carbocycles. The number of nitro groups is 1. The van der Waals surface area contributed by atoms with E-state index >= 15 is 0 Å². The molecule has 154 valence electrons.